The van der Waals surface area contributed by atoms with Gasteiger partial charge in [0.25, 0.3) is 5.91 Å². The molecule has 1 aliphatic heterocycles. The summed E-state index contributed by atoms with van der Waals surface area (Å²) < 4.78 is 0. The normalized spacial score (nSPS) is 17.1. The zero-order chi connectivity index (χ0) is 27.0. The van der Waals surface area contributed by atoms with E-state index in [9.17, 15) is 9.59 Å². The Morgan fingerprint density at radius 2 is 1.45 bits per heavy atom. The highest BCUT2D eigenvalue weighted by atomic mass is 16.2. The van der Waals surface area contributed by atoms with Crippen LogP contribution >= 0.6 is 0 Å². The summed E-state index contributed by atoms with van der Waals surface area (Å²) in [5.74, 6) is 0.614. The summed E-state index contributed by atoms with van der Waals surface area (Å²) in [5, 5.41) is 2.99. The number of amides is 2. The molecule has 3 aromatic carbocycles. The standard InChI is InChI=1S/C32H38N4O2/c1-24(2)21-32(20-19-26-11-7-4-8-12-26)30(38)36(31(33)35-32)23-28-15-13-27(14-16-28)22-34-29(37)18-17-25-9-5-3-6-10-25/h3-16,24H,17-23H2,1-2H3,(H2,33,35)(H,34,37). The van der Waals surface area contributed by atoms with Crippen LogP contribution in [-0.4, -0.2) is 28.2 Å². The summed E-state index contributed by atoms with van der Waals surface area (Å²) in [4.78, 5) is 32.3. The van der Waals surface area contributed by atoms with Crippen LogP contribution in [0.4, 0.5) is 0 Å². The lowest BCUT2D eigenvalue weighted by Gasteiger charge is -2.28. The number of aryl methyl sites for hydroxylation is 2. The maximum atomic E-state index is 13.7. The lowest BCUT2D eigenvalue weighted by atomic mass is 9.83. The maximum absolute atomic E-state index is 13.7. The largest absolute Gasteiger partial charge is 0.369 e. The van der Waals surface area contributed by atoms with E-state index in [1.807, 2.05) is 72.8 Å². The number of benzene rings is 3. The van der Waals surface area contributed by atoms with Gasteiger partial charge in [-0.3, -0.25) is 14.5 Å². The van der Waals surface area contributed by atoms with Crippen LogP contribution in [0, 0.1) is 5.92 Å². The van der Waals surface area contributed by atoms with Gasteiger partial charge in [0, 0.05) is 13.0 Å². The summed E-state index contributed by atoms with van der Waals surface area (Å²) in [6.45, 7) is 5.08. The van der Waals surface area contributed by atoms with Crippen molar-refractivity contribution < 1.29 is 9.59 Å². The number of hydrogen-bond donors (Lipinski definition) is 2. The molecule has 0 spiro atoms. The van der Waals surface area contributed by atoms with Crippen LogP contribution in [-0.2, 0) is 35.5 Å². The number of rotatable bonds is 12. The summed E-state index contributed by atoms with van der Waals surface area (Å²) in [6, 6.07) is 28.1. The molecule has 6 heteroatoms. The van der Waals surface area contributed by atoms with Gasteiger partial charge in [-0.1, -0.05) is 98.8 Å². The van der Waals surface area contributed by atoms with E-state index in [-0.39, 0.29) is 11.8 Å². The third-order valence-corrected chi connectivity index (χ3v) is 7.00. The Kier molecular flexibility index (Phi) is 8.95. The second-order valence-corrected chi connectivity index (χ2v) is 10.6. The van der Waals surface area contributed by atoms with Gasteiger partial charge in [0.1, 0.15) is 5.54 Å². The minimum absolute atomic E-state index is 0.0191. The maximum Gasteiger partial charge on any atom is 0.257 e. The van der Waals surface area contributed by atoms with Crippen molar-refractivity contribution in [2.45, 2.75) is 64.6 Å². The van der Waals surface area contributed by atoms with Crippen molar-refractivity contribution in [3.63, 3.8) is 0 Å². The van der Waals surface area contributed by atoms with Gasteiger partial charge in [-0.2, -0.15) is 0 Å². The Balaban J connectivity index is 1.33. The van der Waals surface area contributed by atoms with Gasteiger partial charge in [0.15, 0.2) is 5.96 Å². The van der Waals surface area contributed by atoms with Crippen molar-refractivity contribution in [3.8, 4) is 0 Å². The van der Waals surface area contributed by atoms with Crippen LogP contribution in [0.15, 0.2) is 89.9 Å². The fourth-order valence-electron chi connectivity index (χ4n) is 5.04. The summed E-state index contributed by atoms with van der Waals surface area (Å²) in [7, 11) is 0. The first-order valence-corrected chi connectivity index (χ1v) is 13.4. The fraction of sp³-hybridized carbons (Fsp3) is 0.344. The molecule has 6 nitrogen and oxygen atoms in total. The highest BCUT2D eigenvalue weighted by Crippen LogP contribution is 2.34. The quantitative estimate of drug-likeness (QED) is 0.359. The molecular formula is C32H38N4O2. The number of hydrogen-bond acceptors (Lipinski definition) is 4. The molecule has 0 bridgehead atoms. The van der Waals surface area contributed by atoms with Gasteiger partial charge in [0.05, 0.1) is 6.54 Å². The zero-order valence-corrected chi connectivity index (χ0v) is 22.4. The molecule has 198 valence electrons. The number of guanidine groups is 1. The van der Waals surface area contributed by atoms with Crippen molar-refractivity contribution in [1.29, 1.82) is 0 Å². The molecule has 1 heterocycles. The predicted molar refractivity (Wildman–Crippen MR) is 152 cm³/mol. The third kappa shape index (κ3) is 7.09. The number of nitrogens with zero attached hydrogens (tertiary/aromatic N) is 2. The molecule has 1 unspecified atom stereocenters. The van der Waals surface area contributed by atoms with Crippen LogP contribution in [0.25, 0.3) is 0 Å². The van der Waals surface area contributed by atoms with Crippen molar-refractivity contribution in [3.05, 3.63) is 107 Å². The highest BCUT2D eigenvalue weighted by Gasteiger charge is 2.47. The average Bonchev–Trinajstić information content (AvgIpc) is 3.15. The lowest BCUT2D eigenvalue weighted by molar-refractivity contribution is -0.132. The van der Waals surface area contributed by atoms with Gasteiger partial charge in [-0.15, -0.1) is 0 Å². The molecule has 0 aliphatic carbocycles. The molecule has 2 amide bonds. The molecule has 3 aromatic rings. The summed E-state index contributed by atoms with van der Waals surface area (Å²) >= 11 is 0. The topological polar surface area (TPSA) is 87.8 Å². The lowest BCUT2D eigenvalue weighted by Crippen LogP contribution is -2.44. The number of carbonyl (C=O) groups excluding carboxylic acids is 2. The summed E-state index contributed by atoms with van der Waals surface area (Å²) in [6.07, 6.45) is 3.25. The predicted octanol–water partition coefficient (Wildman–Crippen LogP) is 5.01. The third-order valence-electron chi connectivity index (χ3n) is 7.00. The van der Waals surface area contributed by atoms with E-state index < -0.39 is 5.54 Å². The Bertz CT molecular complexity index is 1240. The second-order valence-electron chi connectivity index (χ2n) is 10.6. The summed E-state index contributed by atoms with van der Waals surface area (Å²) in [5.41, 5.74) is 9.83. The van der Waals surface area contributed by atoms with Gasteiger partial charge >= 0.3 is 0 Å². The molecule has 0 saturated heterocycles. The van der Waals surface area contributed by atoms with Crippen LogP contribution in [0.5, 0.6) is 0 Å². The number of aliphatic imine (C=N–C) groups is 1. The van der Waals surface area contributed by atoms with Crippen LogP contribution in [0.3, 0.4) is 0 Å². The highest BCUT2D eigenvalue weighted by molar-refractivity contribution is 6.06. The Labute approximate surface area is 226 Å². The van der Waals surface area contributed by atoms with E-state index in [2.05, 4.69) is 31.3 Å². The van der Waals surface area contributed by atoms with Gasteiger partial charge in [-0.05, 0) is 53.9 Å². The van der Waals surface area contributed by atoms with Crippen LogP contribution in [0.2, 0.25) is 0 Å². The first kappa shape index (κ1) is 27.1. The monoisotopic (exact) mass is 510 g/mol. The molecule has 1 aliphatic rings. The van der Waals surface area contributed by atoms with Crippen molar-refractivity contribution in [2.24, 2.45) is 16.6 Å². The molecule has 3 N–H and O–H groups in total. The van der Waals surface area contributed by atoms with Gasteiger partial charge in [-0.25, -0.2) is 4.99 Å². The fourth-order valence-corrected chi connectivity index (χ4v) is 5.04. The molecule has 0 aromatic heterocycles. The average molecular weight is 511 g/mol. The SMILES string of the molecule is CC(C)CC1(CCc2ccccc2)N=C(N)N(Cc2ccc(CNC(=O)CCc3ccccc3)cc2)C1=O. The number of nitrogens with two attached hydrogens (primary N) is 1. The minimum atomic E-state index is -0.821. The van der Waals surface area contributed by atoms with Crippen molar-refractivity contribution >= 4 is 17.8 Å². The first-order valence-electron chi connectivity index (χ1n) is 13.4. The molecule has 0 radical (unpaired) electrons. The first-order chi connectivity index (χ1) is 18.3. The van der Waals surface area contributed by atoms with Crippen LogP contribution < -0.4 is 11.1 Å². The smallest absolute Gasteiger partial charge is 0.257 e. The second kappa shape index (κ2) is 12.5. The molecule has 4 rings (SSSR count). The van der Waals surface area contributed by atoms with Crippen molar-refractivity contribution in [1.82, 2.24) is 10.2 Å². The van der Waals surface area contributed by atoms with E-state index in [0.717, 1.165) is 29.5 Å². The zero-order valence-electron chi connectivity index (χ0n) is 22.4. The molecule has 1 atom stereocenters. The van der Waals surface area contributed by atoms with E-state index >= 15 is 0 Å². The molecular weight excluding hydrogens is 472 g/mol. The van der Waals surface area contributed by atoms with E-state index in [4.69, 9.17) is 10.7 Å². The molecule has 38 heavy (non-hydrogen) atoms. The van der Waals surface area contributed by atoms with Crippen molar-refractivity contribution in [2.75, 3.05) is 0 Å². The van der Waals surface area contributed by atoms with E-state index in [0.29, 0.717) is 44.2 Å². The molecule has 0 saturated carbocycles. The van der Waals surface area contributed by atoms with E-state index in [1.165, 1.54) is 5.56 Å². The Morgan fingerprint density at radius 3 is 2.05 bits per heavy atom. The number of carbonyl (C=O) groups is 2. The van der Waals surface area contributed by atoms with Crippen LogP contribution in [0.1, 0.15) is 55.4 Å². The van der Waals surface area contributed by atoms with Gasteiger partial charge < -0.3 is 11.1 Å². The Hall–Kier alpha value is -3.93. The van der Waals surface area contributed by atoms with E-state index in [1.54, 1.807) is 4.90 Å². The van der Waals surface area contributed by atoms with Gasteiger partial charge in [0.2, 0.25) is 5.91 Å². The number of nitrogens with one attached hydrogen (secondary N) is 1. The minimum Gasteiger partial charge on any atom is -0.369 e. The molecule has 0 fully saturated rings. The Morgan fingerprint density at radius 1 is 0.868 bits per heavy atom.